The van der Waals surface area contributed by atoms with Crippen LogP contribution in [0.15, 0.2) is 30.3 Å². The molecule has 112 valence electrons. The van der Waals surface area contributed by atoms with Gasteiger partial charge in [-0.05, 0) is 44.6 Å². The van der Waals surface area contributed by atoms with E-state index in [-0.39, 0.29) is 0 Å². The van der Waals surface area contributed by atoms with Crippen molar-refractivity contribution in [1.82, 2.24) is 9.88 Å². The van der Waals surface area contributed by atoms with Crippen molar-refractivity contribution in [2.24, 2.45) is 0 Å². The maximum Gasteiger partial charge on any atom is 0.145 e. The van der Waals surface area contributed by atoms with E-state index in [2.05, 4.69) is 42.1 Å². The standard InChI is InChI=1S/C17H23N3O/c1-19-11-5-7-14(19)12-20(2)16-10-9-13-6-4-8-15(21-3)17(13)18-16/h4,6,8-10,14H,5,7,11-12H2,1-3H3. The summed E-state index contributed by atoms with van der Waals surface area (Å²) in [5.74, 6) is 1.84. The summed E-state index contributed by atoms with van der Waals surface area (Å²) < 4.78 is 5.42. The van der Waals surface area contributed by atoms with Crippen molar-refractivity contribution in [2.75, 3.05) is 39.2 Å². The third-order valence-corrected chi connectivity index (χ3v) is 4.44. The number of aromatic nitrogens is 1. The monoisotopic (exact) mass is 285 g/mol. The van der Waals surface area contributed by atoms with E-state index in [1.54, 1.807) is 7.11 Å². The second-order valence-electron chi connectivity index (χ2n) is 5.86. The number of benzene rings is 1. The minimum Gasteiger partial charge on any atom is -0.494 e. The Bertz CT molecular complexity index is 628. The smallest absolute Gasteiger partial charge is 0.145 e. The van der Waals surface area contributed by atoms with Crippen LogP contribution in [-0.2, 0) is 0 Å². The Balaban J connectivity index is 1.86. The summed E-state index contributed by atoms with van der Waals surface area (Å²) in [4.78, 5) is 9.49. The van der Waals surface area contributed by atoms with Crippen LogP contribution in [-0.4, -0.2) is 50.2 Å². The molecule has 1 fully saturated rings. The van der Waals surface area contributed by atoms with E-state index in [1.165, 1.54) is 19.4 Å². The molecule has 4 nitrogen and oxygen atoms in total. The molecule has 1 saturated heterocycles. The lowest BCUT2D eigenvalue weighted by Gasteiger charge is -2.26. The summed E-state index contributed by atoms with van der Waals surface area (Å²) in [6.07, 6.45) is 2.58. The lowest BCUT2D eigenvalue weighted by molar-refractivity contribution is 0.314. The van der Waals surface area contributed by atoms with Crippen LogP contribution in [0.4, 0.5) is 5.82 Å². The number of fused-ring (bicyclic) bond motifs is 1. The Kier molecular flexibility index (Phi) is 3.97. The van der Waals surface area contributed by atoms with Gasteiger partial charge < -0.3 is 14.5 Å². The highest BCUT2D eigenvalue weighted by Crippen LogP contribution is 2.26. The fraction of sp³-hybridized carbons (Fsp3) is 0.471. The van der Waals surface area contributed by atoms with Crippen LogP contribution in [0.1, 0.15) is 12.8 Å². The molecule has 1 aliphatic rings. The molecule has 1 aromatic heterocycles. The van der Waals surface area contributed by atoms with Gasteiger partial charge in [-0.25, -0.2) is 4.98 Å². The van der Waals surface area contributed by atoms with Crippen molar-refractivity contribution >= 4 is 16.7 Å². The molecule has 0 radical (unpaired) electrons. The number of likely N-dealkylation sites (N-methyl/N-ethyl adjacent to an activating group) is 2. The number of anilines is 1. The summed E-state index contributed by atoms with van der Waals surface area (Å²) in [7, 11) is 6.03. The van der Waals surface area contributed by atoms with Gasteiger partial charge in [-0.2, -0.15) is 0 Å². The summed E-state index contributed by atoms with van der Waals surface area (Å²) in [6, 6.07) is 10.9. The van der Waals surface area contributed by atoms with Gasteiger partial charge in [-0.1, -0.05) is 12.1 Å². The second-order valence-corrected chi connectivity index (χ2v) is 5.86. The number of pyridine rings is 1. The first-order valence-corrected chi connectivity index (χ1v) is 7.54. The first-order chi connectivity index (χ1) is 10.2. The van der Waals surface area contributed by atoms with Gasteiger partial charge in [0.2, 0.25) is 0 Å². The summed E-state index contributed by atoms with van der Waals surface area (Å²) in [5, 5.41) is 1.12. The summed E-state index contributed by atoms with van der Waals surface area (Å²) in [5.41, 5.74) is 0.934. The van der Waals surface area contributed by atoms with Crippen LogP contribution in [0.5, 0.6) is 5.75 Å². The van der Waals surface area contributed by atoms with E-state index in [0.717, 1.165) is 29.0 Å². The Labute approximate surface area is 126 Å². The maximum absolute atomic E-state index is 5.42. The Morgan fingerprint density at radius 2 is 2.19 bits per heavy atom. The predicted octanol–water partition coefficient (Wildman–Crippen LogP) is 2.77. The lowest BCUT2D eigenvalue weighted by atomic mass is 10.2. The molecule has 0 bridgehead atoms. The topological polar surface area (TPSA) is 28.6 Å². The highest BCUT2D eigenvalue weighted by Gasteiger charge is 2.22. The molecule has 0 amide bonds. The molecule has 4 heteroatoms. The Hall–Kier alpha value is -1.81. The van der Waals surface area contributed by atoms with Gasteiger partial charge in [0.05, 0.1) is 7.11 Å². The van der Waals surface area contributed by atoms with E-state index < -0.39 is 0 Å². The fourth-order valence-electron chi connectivity index (χ4n) is 3.11. The van der Waals surface area contributed by atoms with Gasteiger partial charge in [-0.15, -0.1) is 0 Å². The van der Waals surface area contributed by atoms with Crippen molar-refractivity contribution in [3.63, 3.8) is 0 Å². The van der Waals surface area contributed by atoms with Gasteiger partial charge in [0.1, 0.15) is 17.1 Å². The molecule has 1 aromatic carbocycles. The molecule has 1 unspecified atom stereocenters. The number of ether oxygens (including phenoxy) is 1. The zero-order valence-corrected chi connectivity index (χ0v) is 13.0. The summed E-state index contributed by atoms with van der Waals surface area (Å²) >= 11 is 0. The van der Waals surface area contributed by atoms with E-state index >= 15 is 0 Å². The first-order valence-electron chi connectivity index (χ1n) is 7.54. The summed E-state index contributed by atoms with van der Waals surface area (Å²) in [6.45, 7) is 2.22. The number of hydrogen-bond acceptors (Lipinski definition) is 4. The highest BCUT2D eigenvalue weighted by atomic mass is 16.5. The van der Waals surface area contributed by atoms with Crippen LogP contribution in [0, 0.1) is 0 Å². The van der Waals surface area contributed by atoms with Crippen molar-refractivity contribution < 1.29 is 4.74 Å². The number of nitrogens with zero attached hydrogens (tertiary/aromatic N) is 3. The molecule has 0 aliphatic carbocycles. The average molecular weight is 285 g/mol. The van der Waals surface area contributed by atoms with Crippen LogP contribution in [0.2, 0.25) is 0 Å². The van der Waals surface area contributed by atoms with Crippen molar-refractivity contribution in [1.29, 1.82) is 0 Å². The molecule has 0 saturated carbocycles. The van der Waals surface area contributed by atoms with Gasteiger partial charge in [0.15, 0.2) is 0 Å². The maximum atomic E-state index is 5.42. The van der Waals surface area contributed by atoms with E-state index in [4.69, 9.17) is 9.72 Å². The third-order valence-electron chi connectivity index (χ3n) is 4.44. The minimum absolute atomic E-state index is 0.630. The zero-order valence-electron chi connectivity index (χ0n) is 13.0. The Morgan fingerprint density at radius 3 is 2.90 bits per heavy atom. The second kappa shape index (κ2) is 5.90. The normalized spacial score (nSPS) is 19.1. The molecular formula is C17H23N3O. The van der Waals surface area contributed by atoms with Gasteiger partial charge in [-0.3, -0.25) is 0 Å². The third kappa shape index (κ3) is 2.81. The van der Waals surface area contributed by atoms with Gasteiger partial charge in [0.25, 0.3) is 0 Å². The van der Waals surface area contributed by atoms with Gasteiger partial charge >= 0.3 is 0 Å². The Morgan fingerprint density at radius 1 is 1.33 bits per heavy atom. The molecule has 1 aliphatic heterocycles. The van der Waals surface area contributed by atoms with Crippen molar-refractivity contribution in [3.05, 3.63) is 30.3 Å². The van der Waals surface area contributed by atoms with Crippen LogP contribution in [0.3, 0.4) is 0 Å². The number of rotatable bonds is 4. The predicted molar refractivity (Wildman–Crippen MR) is 87.2 cm³/mol. The van der Waals surface area contributed by atoms with Crippen molar-refractivity contribution in [3.8, 4) is 5.75 Å². The van der Waals surface area contributed by atoms with E-state index in [9.17, 15) is 0 Å². The average Bonchev–Trinajstić information content (AvgIpc) is 2.91. The molecule has 3 rings (SSSR count). The minimum atomic E-state index is 0.630. The van der Waals surface area contributed by atoms with E-state index in [0.29, 0.717) is 6.04 Å². The molecular weight excluding hydrogens is 262 g/mol. The van der Waals surface area contributed by atoms with Gasteiger partial charge in [0, 0.05) is 25.0 Å². The first kappa shape index (κ1) is 14.1. The quantitative estimate of drug-likeness (QED) is 0.863. The molecule has 2 heterocycles. The fourth-order valence-corrected chi connectivity index (χ4v) is 3.11. The number of likely N-dealkylation sites (tertiary alicyclic amines) is 1. The largest absolute Gasteiger partial charge is 0.494 e. The number of hydrogen-bond donors (Lipinski definition) is 0. The molecule has 0 N–H and O–H groups in total. The van der Waals surface area contributed by atoms with Crippen molar-refractivity contribution in [2.45, 2.75) is 18.9 Å². The molecule has 21 heavy (non-hydrogen) atoms. The van der Waals surface area contributed by atoms with Crippen LogP contribution in [0.25, 0.3) is 10.9 Å². The number of methoxy groups -OCH3 is 1. The highest BCUT2D eigenvalue weighted by molar-refractivity contribution is 5.85. The lowest BCUT2D eigenvalue weighted by Crippen LogP contribution is -2.36. The van der Waals surface area contributed by atoms with E-state index in [1.807, 2.05) is 12.1 Å². The van der Waals surface area contributed by atoms with Crippen LogP contribution >= 0.6 is 0 Å². The van der Waals surface area contributed by atoms with Crippen LogP contribution < -0.4 is 9.64 Å². The molecule has 1 atom stereocenters. The SMILES string of the molecule is COc1cccc2ccc(N(C)CC3CCCN3C)nc12. The molecule has 0 spiro atoms. The zero-order chi connectivity index (χ0) is 14.8. The number of para-hydroxylation sites is 1. The molecule has 2 aromatic rings.